The van der Waals surface area contributed by atoms with Crippen LogP contribution in [0.5, 0.6) is 0 Å². The van der Waals surface area contributed by atoms with Crippen molar-refractivity contribution in [1.82, 2.24) is 0 Å². The largest absolute Gasteiger partial charge is 0.447 e. The summed E-state index contributed by atoms with van der Waals surface area (Å²) in [6.45, 7) is 1.73. The van der Waals surface area contributed by atoms with Gasteiger partial charge >= 0.3 is 5.97 Å². The molecule has 0 bridgehead atoms. The first kappa shape index (κ1) is 20.3. The van der Waals surface area contributed by atoms with E-state index in [0.717, 1.165) is 6.42 Å². The van der Waals surface area contributed by atoms with Crippen LogP contribution >= 0.6 is 0 Å². The van der Waals surface area contributed by atoms with Crippen LogP contribution in [0.15, 0.2) is 60.7 Å². The monoisotopic (exact) mass is 394 g/mol. The van der Waals surface area contributed by atoms with Gasteiger partial charge in [0.15, 0.2) is 0 Å². The predicted molar refractivity (Wildman–Crippen MR) is 108 cm³/mol. The number of nitro groups is 1. The van der Waals surface area contributed by atoms with Crippen LogP contribution < -0.4 is 5.32 Å². The SMILES string of the molecule is Cc1ccc(NC(=O)[C@@H](OC(=O)[C@@H]2CC=CCC2)c2ccccc2)c([N+](=O)[O-])c1. The van der Waals surface area contributed by atoms with E-state index in [4.69, 9.17) is 4.74 Å². The Morgan fingerprint density at radius 1 is 1.17 bits per heavy atom. The average Bonchev–Trinajstić information content (AvgIpc) is 2.74. The number of carbonyl (C=O) groups is 2. The number of benzene rings is 2. The fourth-order valence-corrected chi connectivity index (χ4v) is 3.22. The van der Waals surface area contributed by atoms with Gasteiger partial charge in [0.05, 0.1) is 10.8 Å². The molecule has 2 aromatic rings. The Hall–Kier alpha value is -3.48. The van der Waals surface area contributed by atoms with Crippen LogP contribution in [-0.4, -0.2) is 16.8 Å². The van der Waals surface area contributed by atoms with Gasteiger partial charge in [0.1, 0.15) is 5.69 Å². The maximum Gasteiger partial charge on any atom is 0.310 e. The van der Waals surface area contributed by atoms with E-state index in [1.807, 2.05) is 12.2 Å². The summed E-state index contributed by atoms with van der Waals surface area (Å²) in [5, 5.41) is 13.9. The summed E-state index contributed by atoms with van der Waals surface area (Å²) in [7, 11) is 0. The molecule has 2 aromatic carbocycles. The van der Waals surface area contributed by atoms with Gasteiger partial charge in [-0.1, -0.05) is 48.6 Å². The molecule has 150 valence electrons. The Balaban J connectivity index is 1.84. The van der Waals surface area contributed by atoms with Crippen molar-refractivity contribution in [3.8, 4) is 0 Å². The highest BCUT2D eigenvalue weighted by molar-refractivity contribution is 5.98. The molecule has 3 rings (SSSR count). The molecule has 1 aliphatic rings. The summed E-state index contributed by atoms with van der Waals surface area (Å²) in [5.41, 5.74) is 1.04. The number of hydrogen-bond acceptors (Lipinski definition) is 5. The molecule has 0 saturated heterocycles. The number of esters is 1. The van der Waals surface area contributed by atoms with Gasteiger partial charge < -0.3 is 10.1 Å². The summed E-state index contributed by atoms with van der Waals surface area (Å²) in [6, 6.07) is 13.2. The molecule has 0 unspecified atom stereocenters. The van der Waals surface area contributed by atoms with Gasteiger partial charge in [0, 0.05) is 11.6 Å². The van der Waals surface area contributed by atoms with E-state index in [-0.39, 0.29) is 17.3 Å². The molecule has 0 saturated carbocycles. The number of carbonyl (C=O) groups excluding carboxylic acids is 2. The molecular weight excluding hydrogens is 372 g/mol. The summed E-state index contributed by atoms with van der Waals surface area (Å²) in [6.07, 6.45) is 4.78. The van der Waals surface area contributed by atoms with Crippen molar-refractivity contribution >= 4 is 23.3 Å². The number of nitro benzene ring substituents is 1. The molecule has 1 amide bonds. The summed E-state index contributed by atoms with van der Waals surface area (Å²) >= 11 is 0. The molecule has 2 atom stereocenters. The number of anilines is 1. The van der Waals surface area contributed by atoms with E-state index in [9.17, 15) is 19.7 Å². The second-order valence-electron chi connectivity index (χ2n) is 6.98. The third-order valence-corrected chi connectivity index (χ3v) is 4.78. The third-order valence-electron chi connectivity index (χ3n) is 4.78. The molecular formula is C22H22N2O5. The zero-order valence-corrected chi connectivity index (χ0v) is 16.0. The van der Waals surface area contributed by atoms with Crippen molar-refractivity contribution in [1.29, 1.82) is 0 Å². The molecule has 0 aromatic heterocycles. The quantitative estimate of drug-likeness (QED) is 0.337. The second kappa shape index (κ2) is 9.14. The number of nitrogens with zero attached hydrogens (tertiary/aromatic N) is 1. The topological polar surface area (TPSA) is 98.5 Å². The Morgan fingerprint density at radius 3 is 2.59 bits per heavy atom. The van der Waals surface area contributed by atoms with Crippen LogP contribution in [-0.2, 0) is 14.3 Å². The highest BCUT2D eigenvalue weighted by atomic mass is 16.6. The Bertz CT molecular complexity index is 939. The van der Waals surface area contributed by atoms with Crippen LogP contribution in [0.3, 0.4) is 0 Å². The number of nitrogens with one attached hydrogen (secondary N) is 1. The highest BCUT2D eigenvalue weighted by Crippen LogP contribution is 2.29. The highest BCUT2D eigenvalue weighted by Gasteiger charge is 2.30. The fraction of sp³-hybridized carbons (Fsp3) is 0.273. The molecule has 0 fully saturated rings. The molecule has 0 spiro atoms. The van der Waals surface area contributed by atoms with Crippen molar-refractivity contribution in [2.75, 3.05) is 5.32 Å². The van der Waals surface area contributed by atoms with Crippen LogP contribution in [0.4, 0.5) is 11.4 Å². The van der Waals surface area contributed by atoms with Gasteiger partial charge in [-0.15, -0.1) is 0 Å². The summed E-state index contributed by atoms with van der Waals surface area (Å²) < 4.78 is 5.58. The normalized spacial score (nSPS) is 16.7. The van der Waals surface area contributed by atoms with Gasteiger partial charge in [-0.3, -0.25) is 19.7 Å². The minimum absolute atomic E-state index is 0.0585. The fourth-order valence-electron chi connectivity index (χ4n) is 3.22. The van der Waals surface area contributed by atoms with E-state index < -0.39 is 22.9 Å². The Labute approximate surface area is 168 Å². The van der Waals surface area contributed by atoms with Crippen LogP contribution in [0.2, 0.25) is 0 Å². The molecule has 0 heterocycles. The van der Waals surface area contributed by atoms with E-state index in [2.05, 4.69) is 5.32 Å². The van der Waals surface area contributed by atoms with Crippen molar-refractivity contribution in [3.63, 3.8) is 0 Å². The second-order valence-corrected chi connectivity index (χ2v) is 6.98. The van der Waals surface area contributed by atoms with Crippen LogP contribution in [0.1, 0.15) is 36.5 Å². The summed E-state index contributed by atoms with van der Waals surface area (Å²) in [4.78, 5) is 36.4. The molecule has 7 heteroatoms. The minimum atomic E-state index is -1.20. The van der Waals surface area contributed by atoms with Crippen molar-refractivity contribution in [3.05, 3.63) is 81.9 Å². The predicted octanol–water partition coefficient (Wildman–Crippen LogP) is 4.48. The number of hydrogen-bond donors (Lipinski definition) is 1. The van der Waals surface area contributed by atoms with Gasteiger partial charge in [0.2, 0.25) is 6.10 Å². The van der Waals surface area contributed by atoms with Gasteiger partial charge in [-0.05, 0) is 37.8 Å². The molecule has 7 nitrogen and oxygen atoms in total. The molecule has 0 radical (unpaired) electrons. The first-order chi connectivity index (χ1) is 14.0. The smallest absolute Gasteiger partial charge is 0.310 e. The molecule has 1 aliphatic carbocycles. The Morgan fingerprint density at radius 2 is 1.93 bits per heavy atom. The first-order valence-electron chi connectivity index (χ1n) is 9.42. The number of aryl methyl sites for hydroxylation is 1. The van der Waals surface area contributed by atoms with E-state index in [0.29, 0.717) is 24.0 Å². The first-order valence-corrected chi connectivity index (χ1v) is 9.42. The summed E-state index contributed by atoms with van der Waals surface area (Å²) in [5.74, 6) is -1.38. The molecule has 1 N–H and O–H groups in total. The number of amides is 1. The van der Waals surface area contributed by atoms with Gasteiger partial charge in [-0.25, -0.2) is 0 Å². The van der Waals surface area contributed by atoms with Crippen LogP contribution in [0.25, 0.3) is 0 Å². The van der Waals surface area contributed by atoms with Crippen LogP contribution in [0, 0.1) is 23.0 Å². The minimum Gasteiger partial charge on any atom is -0.447 e. The van der Waals surface area contributed by atoms with Gasteiger partial charge in [-0.2, -0.15) is 0 Å². The molecule has 0 aliphatic heterocycles. The van der Waals surface area contributed by atoms with Crippen molar-refractivity contribution in [2.24, 2.45) is 5.92 Å². The lowest BCUT2D eigenvalue weighted by Crippen LogP contribution is -2.29. The average molecular weight is 394 g/mol. The zero-order chi connectivity index (χ0) is 20.8. The van der Waals surface area contributed by atoms with Crippen molar-refractivity contribution in [2.45, 2.75) is 32.3 Å². The standard InChI is InChI=1S/C22H22N2O5/c1-15-12-13-18(19(14-15)24(27)28)23-21(25)20(16-8-4-2-5-9-16)29-22(26)17-10-6-3-7-11-17/h2-6,8-9,12-14,17,20H,7,10-11H2,1H3,(H,23,25)/t17-,20+/m1/s1. The number of ether oxygens (including phenoxy) is 1. The van der Waals surface area contributed by atoms with Gasteiger partial charge in [0.25, 0.3) is 11.6 Å². The van der Waals surface area contributed by atoms with E-state index in [1.54, 1.807) is 43.3 Å². The van der Waals surface area contributed by atoms with Crippen molar-refractivity contribution < 1.29 is 19.2 Å². The Kier molecular flexibility index (Phi) is 6.39. The lowest BCUT2D eigenvalue weighted by molar-refractivity contribution is -0.384. The lowest BCUT2D eigenvalue weighted by atomic mass is 9.94. The maximum absolute atomic E-state index is 13.0. The molecule has 29 heavy (non-hydrogen) atoms. The zero-order valence-electron chi connectivity index (χ0n) is 16.0. The number of allylic oxidation sites excluding steroid dienone is 2. The third kappa shape index (κ3) is 5.07. The van der Waals surface area contributed by atoms with E-state index in [1.165, 1.54) is 12.1 Å². The lowest BCUT2D eigenvalue weighted by Gasteiger charge is -2.22. The number of rotatable bonds is 6. The van der Waals surface area contributed by atoms with E-state index >= 15 is 0 Å². The maximum atomic E-state index is 13.0.